The first-order chi connectivity index (χ1) is 14.0. The van der Waals surface area contributed by atoms with Gasteiger partial charge in [-0.3, -0.25) is 20.2 Å². The van der Waals surface area contributed by atoms with Crippen molar-refractivity contribution in [2.45, 2.75) is 39.0 Å². The molecule has 1 aromatic carbocycles. The normalized spacial score (nSPS) is 15.7. The Balaban J connectivity index is 1.43. The van der Waals surface area contributed by atoms with E-state index in [2.05, 4.69) is 17.2 Å². The van der Waals surface area contributed by atoms with Gasteiger partial charge in [-0.25, -0.2) is 4.98 Å². The highest BCUT2D eigenvalue weighted by Crippen LogP contribution is 2.34. The summed E-state index contributed by atoms with van der Waals surface area (Å²) in [5, 5.41) is 16.4. The van der Waals surface area contributed by atoms with Gasteiger partial charge in [0.05, 0.1) is 10.5 Å². The number of carbonyl (C=O) groups is 1. The number of fused-ring (bicyclic) bond motifs is 1. The quantitative estimate of drug-likeness (QED) is 0.417. The second-order valence-corrected chi connectivity index (χ2v) is 9.34. The molecule has 2 aromatic heterocycles. The standard InChI is InChI=1S/C21H21N3O3S2/c1-2-13-6-7-17-18(12-28-19(17)10-13)20(25)23-21-22-11-16(29-21)9-14-4-3-5-15(8-14)24(26)27/h3-5,8,11-13H,2,6-7,9-10H2,1H3,(H,22,23,25). The van der Waals surface area contributed by atoms with E-state index in [-0.39, 0.29) is 11.6 Å². The van der Waals surface area contributed by atoms with E-state index in [1.54, 1.807) is 29.7 Å². The summed E-state index contributed by atoms with van der Waals surface area (Å²) >= 11 is 3.09. The number of non-ortho nitro benzene ring substituents is 1. The van der Waals surface area contributed by atoms with Crippen LogP contribution in [0.15, 0.2) is 35.8 Å². The Bertz CT molecular complexity index is 1060. The fourth-order valence-corrected chi connectivity index (χ4v) is 5.75. The summed E-state index contributed by atoms with van der Waals surface area (Å²) in [7, 11) is 0. The highest BCUT2D eigenvalue weighted by molar-refractivity contribution is 7.15. The van der Waals surface area contributed by atoms with Crippen molar-refractivity contribution in [2.75, 3.05) is 5.32 Å². The van der Waals surface area contributed by atoms with E-state index in [9.17, 15) is 14.9 Å². The van der Waals surface area contributed by atoms with Gasteiger partial charge in [-0.2, -0.15) is 0 Å². The fraction of sp³-hybridized carbons (Fsp3) is 0.333. The molecule has 0 fully saturated rings. The van der Waals surface area contributed by atoms with Crippen molar-refractivity contribution in [1.82, 2.24) is 4.98 Å². The monoisotopic (exact) mass is 427 g/mol. The highest BCUT2D eigenvalue weighted by Gasteiger charge is 2.24. The molecule has 150 valence electrons. The predicted molar refractivity (Wildman–Crippen MR) is 116 cm³/mol. The lowest BCUT2D eigenvalue weighted by molar-refractivity contribution is -0.384. The van der Waals surface area contributed by atoms with E-state index < -0.39 is 4.92 Å². The molecule has 29 heavy (non-hydrogen) atoms. The van der Waals surface area contributed by atoms with Crippen LogP contribution in [0.3, 0.4) is 0 Å². The van der Waals surface area contributed by atoms with Crippen LogP contribution in [0.1, 0.15) is 51.0 Å². The minimum Gasteiger partial charge on any atom is -0.298 e. The Kier molecular flexibility index (Phi) is 5.73. The average molecular weight is 428 g/mol. The van der Waals surface area contributed by atoms with Crippen molar-refractivity contribution in [3.63, 3.8) is 0 Å². The number of hydrogen-bond donors (Lipinski definition) is 1. The van der Waals surface area contributed by atoms with Gasteiger partial charge >= 0.3 is 0 Å². The van der Waals surface area contributed by atoms with Gasteiger partial charge < -0.3 is 0 Å². The zero-order chi connectivity index (χ0) is 20.4. The number of aromatic nitrogens is 1. The van der Waals surface area contributed by atoms with Crippen molar-refractivity contribution < 1.29 is 9.72 Å². The zero-order valence-corrected chi connectivity index (χ0v) is 17.6. The molecule has 0 bridgehead atoms. The second-order valence-electron chi connectivity index (χ2n) is 7.26. The summed E-state index contributed by atoms with van der Waals surface area (Å²) < 4.78 is 0. The molecule has 8 heteroatoms. The Morgan fingerprint density at radius 2 is 2.28 bits per heavy atom. The number of carbonyl (C=O) groups excluding carboxylic acids is 1. The molecule has 1 amide bonds. The van der Waals surface area contributed by atoms with Gasteiger partial charge in [0.15, 0.2) is 5.13 Å². The molecule has 1 aliphatic rings. The number of anilines is 1. The van der Waals surface area contributed by atoms with Crippen molar-refractivity contribution in [3.05, 3.63) is 72.4 Å². The SMILES string of the molecule is CCC1CCc2c(C(=O)Nc3ncc(Cc4cccc([N+](=O)[O-])c4)s3)csc2C1. The van der Waals surface area contributed by atoms with Gasteiger partial charge in [0.1, 0.15) is 0 Å². The van der Waals surface area contributed by atoms with E-state index >= 15 is 0 Å². The van der Waals surface area contributed by atoms with Crippen molar-refractivity contribution >= 4 is 39.4 Å². The number of nitrogens with one attached hydrogen (secondary N) is 1. The molecule has 3 aromatic rings. The maximum atomic E-state index is 12.8. The Hall–Kier alpha value is -2.58. The molecule has 1 unspecified atom stereocenters. The molecule has 1 aliphatic carbocycles. The lowest BCUT2D eigenvalue weighted by atomic mass is 9.86. The third kappa shape index (κ3) is 4.38. The molecule has 0 radical (unpaired) electrons. The topological polar surface area (TPSA) is 85.1 Å². The number of nitro benzene ring substituents is 1. The van der Waals surface area contributed by atoms with Crippen LogP contribution >= 0.6 is 22.7 Å². The van der Waals surface area contributed by atoms with Crippen LogP contribution in [0, 0.1) is 16.0 Å². The van der Waals surface area contributed by atoms with Crippen molar-refractivity contribution in [3.8, 4) is 0 Å². The molecule has 2 heterocycles. The summed E-state index contributed by atoms with van der Waals surface area (Å²) in [6, 6.07) is 6.58. The van der Waals surface area contributed by atoms with Gasteiger partial charge in [0, 0.05) is 39.9 Å². The lowest BCUT2D eigenvalue weighted by Crippen LogP contribution is -2.17. The van der Waals surface area contributed by atoms with Gasteiger partial charge in [0.2, 0.25) is 0 Å². The zero-order valence-electron chi connectivity index (χ0n) is 16.0. The van der Waals surface area contributed by atoms with Crippen LogP contribution < -0.4 is 5.32 Å². The number of benzene rings is 1. The van der Waals surface area contributed by atoms with Crippen LogP contribution in [0.4, 0.5) is 10.8 Å². The van der Waals surface area contributed by atoms with Gasteiger partial charge in [-0.15, -0.1) is 22.7 Å². The third-order valence-corrected chi connectivity index (χ3v) is 7.32. The number of nitro groups is 1. The summed E-state index contributed by atoms with van der Waals surface area (Å²) in [6.45, 7) is 2.23. The van der Waals surface area contributed by atoms with E-state index in [1.807, 2.05) is 11.4 Å². The van der Waals surface area contributed by atoms with Crippen LogP contribution in [0.5, 0.6) is 0 Å². The van der Waals surface area contributed by atoms with Crippen molar-refractivity contribution in [2.24, 2.45) is 5.92 Å². The highest BCUT2D eigenvalue weighted by atomic mass is 32.1. The number of thiazole rings is 1. The predicted octanol–water partition coefficient (Wildman–Crippen LogP) is 5.47. The summed E-state index contributed by atoms with van der Waals surface area (Å²) in [4.78, 5) is 29.9. The van der Waals surface area contributed by atoms with Gasteiger partial charge in [-0.05, 0) is 36.3 Å². The summed E-state index contributed by atoms with van der Waals surface area (Å²) in [5.41, 5.74) is 2.90. The first-order valence-electron chi connectivity index (χ1n) is 9.62. The van der Waals surface area contributed by atoms with Crippen LogP contribution in [0.2, 0.25) is 0 Å². The first-order valence-corrected chi connectivity index (χ1v) is 11.3. The molecule has 0 saturated heterocycles. The van der Waals surface area contributed by atoms with Crippen LogP contribution in [-0.4, -0.2) is 15.8 Å². The lowest BCUT2D eigenvalue weighted by Gasteiger charge is -2.21. The molecule has 6 nitrogen and oxygen atoms in total. The first kappa shape index (κ1) is 19.7. The maximum Gasteiger partial charge on any atom is 0.269 e. The van der Waals surface area contributed by atoms with E-state index in [0.717, 1.165) is 41.2 Å². The van der Waals surface area contributed by atoms with Gasteiger partial charge in [0.25, 0.3) is 11.6 Å². The van der Waals surface area contributed by atoms with E-state index in [0.29, 0.717) is 11.6 Å². The largest absolute Gasteiger partial charge is 0.298 e. The molecule has 1 N–H and O–H groups in total. The minimum atomic E-state index is -0.397. The van der Waals surface area contributed by atoms with Gasteiger partial charge in [-0.1, -0.05) is 25.5 Å². The molecular weight excluding hydrogens is 406 g/mol. The fourth-order valence-electron chi connectivity index (χ4n) is 3.71. The smallest absolute Gasteiger partial charge is 0.269 e. The average Bonchev–Trinajstić information content (AvgIpc) is 3.34. The number of rotatable bonds is 6. The maximum absolute atomic E-state index is 12.8. The van der Waals surface area contributed by atoms with Crippen molar-refractivity contribution in [1.29, 1.82) is 0 Å². The van der Waals surface area contributed by atoms with E-state index in [4.69, 9.17) is 0 Å². The Labute approximate surface area is 176 Å². The molecule has 4 rings (SSSR count). The number of amides is 1. The molecule has 0 aliphatic heterocycles. The number of thiophene rings is 1. The third-order valence-electron chi connectivity index (χ3n) is 5.35. The minimum absolute atomic E-state index is 0.0769. The Morgan fingerprint density at radius 1 is 1.41 bits per heavy atom. The Morgan fingerprint density at radius 3 is 3.07 bits per heavy atom. The molecule has 0 saturated carbocycles. The molecule has 0 spiro atoms. The van der Waals surface area contributed by atoms with E-state index in [1.165, 1.54) is 34.3 Å². The van der Waals surface area contributed by atoms with Crippen LogP contribution in [0.25, 0.3) is 0 Å². The number of nitrogens with zero attached hydrogens (tertiary/aromatic N) is 2. The molecular formula is C21H21N3O3S2. The van der Waals surface area contributed by atoms with Crippen LogP contribution in [-0.2, 0) is 19.3 Å². The number of hydrogen-bond acceptors (Lipinski definition) is 6. The molecule has 1 atom stereocenters. The summed E-state index contributed by atoms with van der Waals surface area (Å²) in [5.74, 6) is 0.626. The summed E-state index contributed by atoms with van der Waals surface area (Å²) in [6.07, 6.45) is 6.64. The second kappa shape index (κ2) is 8.42.